The molecule has 0 fully saturated rings. The molecule has 0 aliphatic carbocycles. The molecule has 3 aromatic rings. The number of rotatable bonds is 2. The van der Waals surface area contributed by atoms with Crippen LogP contribution in [0.15, 0.2) is 39.9 Å². The van der Waals surface area contributed by atoms with Crippen molar-refractivity contribution in [3.8, 4) is 0 Å². The van der Waals surface area contributed by atoms with Crippen LogP contribution >= 0.6 is 0 Å². The predicted octanol–water partition coefficient (Wildman–Crippen LogP) is 0.704. The third-order valence-electron chi connectivity index (χ3n) is 3.15. The quantitative estimate of drug-likeness (QED) is 0.672. The Hall–Kier alpha value is -2.83. The van der Waals surface area contributed by atoms with Crippen LogP contribution in [0.4, 0.5) is 11.6 Å². The van der Waals surface area contributed by atoms with E-state index >= 15 is 0 Å². The Morgan fingerprint density at radius 1 is 1.05 bits per heavy atom. The lowest BCUT2D eigenvalue weighted by molar-refractivity contribution is 0.788. The summed E-state index contributed by atoms with van der Waals surface area (Å²) in [7, 11) is 3.07. The van der Waals surface area contributed by atoms with E-state index in [1.54, 1.807) is 0 Å². The minimum atomic E-state index is -0.599. The number of hydrogen-bond donors (Lipinski definition) is 2. The van der Waals surface area contributed by atoms with E-state index in [1.807, 2.05) is 30.3 Å². The molecule has 0 aliphatic rings. The molecule has 2 heterocycles. The number of aromatic amines is 1. The number of H-pyrrole nitrogens is 1. The smallest absolute Gasteiger partial charge is 0.317 e. The van der Waals surface area contributed by atoms with E-state index in [4.69, 9.17) is 0 Å². The van der Waals surface area contributed by atoms with Gasteiger partial charge in [0.1, 0.15) is 0 Å². The molecule has 3 rings (SSSR count). The summed E-state index contributed by atoms with van der Waals surface area (Å²) in [6.07, 6.45) is 0. The Morgan fingerprint density at radius 2 is 1.70 bits per heavy atom. The Balaban J connectivity index is 2.17. The lowest BCUT2D eigenvalue weighted by Gasteiger charge is -2.01. The van der Waals surface area contributed by atoms with E-state index in [9.17, 15) is 9.59 Å². The average Bonchev–Trinajstić information content (AvgIpc) is 2.88. The lowest BCUT2D eigenvalue weighted by atomic mass is 10.3. The first-order valence-electron chi connectivity index (χ1n) is 6.05. The molecule has 7 heteroatoms. The van der Waals surface area contributed by atoms with Crippen LogP contribution in [0.5, 0.6) is 0 Å². The maximum Gasteiger partial charge on any atom is 0.317 e. The van der Waals surface area contributed by atoms with Crippen molar-refractivity contribution in [2.24, 2.45) is 14.1 Å². The Morgan fingerprint density at radius 3 is 2.40 bits per heavy atom. The number of nitrogens with zero attached hydrogens (tertiary/aromatic N) is 3. The first-order valence-corrected chi connectivity index (χ1v) is 6.05. The molecule has 0 saturated carbocycles. The number of anilines is 2. The summed E-state index contributed by atoms with van der Waals surface area (Å²) in [6, 6.07) is 9.50. The third kappa shape index (κ3) is 1.80. The second-order valence-electron chi connectivity index (χ2n) is 4.48. The number of benzene rings is 1. The van der Waals surface area contributed by atoms with Crippen molar-refractivity contribution in [1.82, 2.24) is 19.1 Å². The first kappa shape index (κ1) is 12.2. The molecule has 2 N–H and O–H groups in total. The summed E-state index contributed by atoms with van der Waals surface area (Å²) >= 11 is 0. The van der Waals surface area contributed by atoms with E-state index in [2.05, 4.69) is 15.3 Å². The van der Waals surface area contributed by atoms with Crippen molar-refractivity contribution in [2.75, 3.05) is 5.32 Å². The van der Waals surface area contributed by atoms with E-state index in [1.165, 1.54) is 23.2 Å². The second kappa shape index (κ2) is 4.37. The number of nitrogens with one attached hydrogen (secondary N) is 2. The van der Waals surface area contributed by atoms with Gasteiger partial charge in [-0.15, -0.1) is 0 Å². The molecule has 2 aromatic heterocycles. The number of imidazole rings is 1. The van der Waals surface area contributed by atoms with Crippen molar-refractivity contribution in [3.05, 3.63) is 51.0 Å². The van der Waals surface area contributed by atoms with Gasteiger partial charge in [-0.05, 0) is 12.1 Å². The zero-order chi connectivity index (χ0) is 14.3. The van der Waals surface area contributed by atoms with E-state index in [0.717, 1.165) is 5.69 Å². The van der Waals surface area contributed by atoms with Gasteiger partial charge < -0.3 is 10.3 Å². The number of hydrogen-bond acceptors (Lipinski definition) is 4. The molecule has 102 valence electrons. The third-order valence-corrected chi connectivity index (χ3v) is 3.15. The van der Waals surface area contributed by atoms with Crippen LogP contribution in [0.2, 0.25) is 0 Å². The monoisotopic (exact) mass is 271 g/mol. The molecular weight excluding hydrogens is 258 g/mol. The van der Waals surface area contributed by atoms with Crippen molar-refractivity contribution in [3.63, 3.8) is 0 Å². The van der Waals surface area contributed by atoms with E-state index in [-0.39, 0.29) is 0 Å². The molecular formula is C13H13N5O2. The zero-order valence-corrected chi connectivity index (χ0v) is 11.0. The van der Waals surface area contributed by atoms with Gasteiger partial charge in [0.2, 0.25) is 5.95 Å². The summed E-state index contributed by atoms with van der Waals surface area (Å²) in [4.78, 5) is 30.8. The highest BCUT2D eigenvalue weighted by molar-refractivity contribution is 5.71. The van der Waals surface area contributed by atoms with Crippen LogP contribution in [0.1, 0.15) is 0 Å². The molecule has 0 atom stereocenters. The zero-order valence-electron chi connectivity index (χ0n) is 11.0. The van der Waals surface area contributed by atoms with Crippen molar-refractivity contribution in [2.45, 2.75) is 0 Å². The van der Waals surface area contributed by atoms with Crippen molar-refractivity contribution in [1.29, 1.82) is 0 Å². The van der Waals surface area contributed by atoms with Crippen molar-refractivity contribution < 1.29 is 0 Å². The van der Waals surface area contributed by atoms with Gasteiger partial charge in [-0.2, -0.15) is 4.98 Å². The number of para-hydroxylation sites is 1. The lowest BCUT2D eigenvalue weighted by Crippen LogP contribution is -2.39. The maximum atomic E-state index is 11.7. The summed E-state index contributed by atoms with van der Waals surface area (Å²) in [6.45, 7) is 0. The van der Waals surface area contributed by atoms with Gasteiger partial charge in [0.05, 0.1) is 0 Å². The van der Waals surface area contributed by atoms with Crippen molar-refractivity contribution >= 4 is 22.9 Å². The predicted molar refractivity (Wildman–Crippen MR) is 76.3 cm³/mol. The number of aromatic nitrogens is 4. The van der Waals surface area contributed by atoms with E-state index in [0.29, 0.717) is 17.2 Å². The molecule has 0 spiro atoms. The van der Waals surface area contributed by atoms with Gasteiger partial charge in [0.25, 0.3) is 0 Å². The normalized spacial score (nSPS) is 10.9. The molecule has 0 aliphatic heterocycles. The minimum absolute atomic E-state index is 0.426. The van der Waals surface area contributed by atoms with Crippen LogP contribution in [-0.2, 0) is 14.1 Å². The van der Waals surface area contributed by atoms with Gasteiger partial charge in [0, 0.05) is 19.8 Å². The van der Waals surface area contributed by atoms with Gasteiger partial charge in [0.15, 0.2) is 11.3 Å². The number of aryl methyl sites for hydroxylation is 2. The molecule has 0 radical (unpaired) electrons. The van der Waals surface area contributed by atoms with E-state index < -0.39 is 11.1 Å². The topological polar surface area (TPSA) is 84.7 Å². The minimum Gasteiger partial charge on any atom is -0.326 e. The highest BCUT2D eigenvalue weighted by Gasteiger charge is 2.12. The molecule has 0 bridgehead atoms. The fraction of sp³-hybridized carbons (Fsp3) is 0.154. The Bertz CT molecular complexity index is 836. The number of fused-ring (bicyclic) bond motifs is 1. The molecule has 7 nitrogen and oxygen atoms in total. The second-order valence-corrected chi connectivity index (χ2v) is 4.48. The molecule has 0 saturated heterocycles. The van der Waals surface area contributed by atoms with Gasteiger partial charge in [-0.3, -0.25) is 18.7 Å². The average molecular weight is 271 g/mol. The maximum absolute atomic E-state index is 11.7. The van der Waals surface area contributed by atoms with Gasteiger partial charge in [-0.25, -0.2) is 0 Å². The Labute approximate surface area is 113 Å². The summed E-state index contributed by atoms with van der Waals surface area (Å²) < 4.78 is 2.51. The molecule has 20 heavy (non-hydrogen) atoms. The largest absolute Gasteiger partial charge is 0.326 e. The highest BCUT2D eigenvalue weighted by atomic mass is 16.2. The van der Waals surface area contributed by atoms with Crippen LogP contribution in [0, 0.1) is 0 Å². The fourth-order valence-electron chi connectivity index (χ4n) is 2.02. The van der Waals surface area contributed by atoms with Crippen LogP contribution in [0.25, 0.3) is 11.3 Å². The highest BCUT2D eigenvalue weighted by Crippen LogP contribution is 2.15. The SMILES string of the molecule is Cn1c(=O)c(=O)n(C)c2[nH]c(Nc3ccccc3)nc21. The molecule has 1 aromatic carbocycles. The van der Waals surface area contributed by atoms with Crippen LogP contribution < -0.4 is 16.4 Å². The Kier molecular flexibility index (Phi) is 2.67. The molecule has 0 unspecified atom stereocenters. The summed E-state index contributed by atoms with van der Waals surface area (Å²) in [5.74, 6) is 0.474. The summed E-state index contributed by atoms with van der Waals surface area (Å²) in [5.41, 5.74) is 0.597. The van der Waals surface area contributed by atoms with Gasteiger partial charge in [-0.1, -0.05) is 18.2 Å². The fourth-order valence-corrected chi connectivity index (χ4v) is 2.02. The van der Waals surface area contributed by atoms with Crippen LogP contribution in [-0.4, -0.2) is 19.1 Å². The summed E-state index contributed by atoms with van der Waals surface area (Å²) in [5, 5.41) is 3.09. The van der Waals surface area contributed by atoms with Gasteiger partial charge >= 0.3 is 11.1 Å². The first-order chi connectivity index (χ1) is 9.58. The standard InChI is InChI=1S/C13H13N5O2/c1-17-9-10(18(2)12(20)11(17)19)16-13(15-9)14-8-6-4-3-5-7-8/h3-7H,1-2H3,(H2,14,15,16). The molecule has 0 amide bonds. The van der Waals surface area contributed by atoms with Crippen LogP contribution in [0.3, 0.4) is 0 Å².